The Kier molecular flexibility index (Phi) is 5.73. The highest BCUT2D eigenvalue weighted by molar-refractivity contribution is 5.74. The molecule has 156 valence electrons. The van der Waals surface area contributed by atoms with Crippen LogP contribution in [0, 0.1) is 0 Å². The van der Waals surface area contributed by atoms with Gasteiger partial charge in [-0.3, -0.25) is 4.57 Å². The second-order valence-corrected chi connectivity index (χ2v) is 7.41. The van der Waals surface area contributed by atoms with Crippen molar-refractivity contribution in [1.82, 2.24) is 25.0 Å². The van der Waals surface area contributed by atoms with Crippen LogP contribution in [-0.2, 0) is 19.5 Å². The number of urea groups is 1. The molecule has 0 saturated heterocycles. The molecule has 1 aromatic carbocycles. The number of carbonyl (C=O) groups is 1. The molecular weight excluding hydrogens is 374 g/mol. The van der Waals surface area contributed by atoms with Gasteiger partial charge < -0.3 is 20.1 Å². The van der Waals surface area contributed by atoms with Crippen molar-refractivity contribution in [3.8, 4) is 11.5 Å². The summed E-state index contributed by atoms with van der Waals surface area (Å²) in [7, 11) is 0. The maximum absolute atomic E-state index is 12.3. The van der Waals surface area contributed by atoms with E-state index < -0.39 is 0 Å². The molecule has 2 aliphatic rings. The normalized spacial score (nSPS) is 16.0. The second kappa shape index (κ2) is 8.59. The maximum Gasteiger partial charge on any atom is 0.345 e. The summed E-state index contributed by atoms with van der Waals surface area (Å²) in [5.74, 6) is 2.31. The number of benzene rings is 1. The van der Waals surface area contributed by atoms with E-state index in [9.17, 15) is 9.59 Å². The van der Waals surface area contributed by atoms with Crippen LogP contribution in [0.25, 0.3) is 0 Å². The van der Waals surface area contributed by atoms with E-state index in [2.05, 4.69) is 15.7 Å². The summed E-state index contributed by atoms with van der Waals surface area (Å²) < 4.78 is 14.4. The summed E-state index contributed by atoms with van der Waals surface area (Å²) in [6, 6.07) is 5.26. The van der Waals surface area contributed by atoms with Gasteiger partial charge in [-0.25, -0.2) is 14.3 Å². The Morgan fingerprint density at radius 1 is 1.24 bits per heavy atom. The van der Waals surface area contributed by atoms with Crippen molar-refractivity contribution in [3.63, 3.8) is 0 Å². The van der Waals surface area contributed by atoms with E-state index in [-0.39, 0.29) is 17.8 Å². The standard InChI is InChI=1S/C20H27N5O4/c1-14(15-6-7-16-17(13-15)29-12-11-28-16)22-19(26)21-8-4-10-25-20(27)24-9-3-2-5-18(24)23-25/h6-7,13-14H,2-5,8-12H2,1H3,(H2,21,22,26). The molecule has 4 rings (SSSR count). The summed E-state index contributed by atoms with van der Waals surface area (Å²) in [5.41, 5.74) is 0.899. The molecule has 0 bridgehead atoms. The van der Waals surface area contributed by atoms with Gasteiger partial charge in [0.25, 0.3) is 0 Å². The van der Waals surface area contributed by atoms with Gasteiger partial charge in [-0.15, -0.1) is 0 Å². The Morgan fingerprint density at radius 3 is 2.90 bits per heavy atom. The number of hydrogen-bond donors (Lipinski definition) is 2. The van der Waals surface area contributed by atoms with E-state index in [4.69, 9.17) is 9.47 Å². The molecule has 2 N–H and O–H groups in total. The van der Waals surface area contributed by atoms with Crippen molar-refractivity contribution in [3.05, 3.63) is 40.1 Å². The highest BCUT2D eigenvalue weighted by Gasteiger charge is 2.17. The van der Waals surface area contributed by atoms with Gasteiger partial charge in [0.05, 0.1) is 6.04 Å². The Labute approximate surface area is 169 Å². The van der Waals surface area contributed by atoms with E-state index in [0.29, 0.717) is 38.5 Å². The van der Waals surface area contributed by atoms with E-state index in [1.807, 2.05) is 25.1 Å². The molecule has 1 aromatic heterocycles. The monoisotopic (exact) mass is 401 g/mol. The van der Waals surface area contributed by atoms with Crippen LogP contribution in [0.15, 0.2) is 23.0 Å². The van der Waals surface area contributed by atoms with E-state index in [1.165, 1.54) is 4.68 Å². The van der Waals surface area contributed by atoms with E-state index in [0.717, 1.165) is 42.9 Å². The van der Waals surface area contributed by atoms with Crippen molar-refractivity contribution in [1.29, 1.82) is 0 Å². The molecule has 3 heterocycles. The molecule has 1 unspecified atom stereocenters. The van der Waals surface area contributed by atoms with Gasteiger partial charge in [0, 0.05) is 26.1 Å². The van der Waals surface area contributed by atoms with Crippen molar-refractivity contribution in [2.24, 2.45) is 0 Å². The van der Waals surface area contributed by atoms with E-state index in [1.54, 1.807) is 4.57 Å². The SMILES string of the molecule is CC(NC(=O)NCCCn1nc2n(c1=O)CCCC2)c1ccc2c(c1)OCCO2. The maximum atomic E-state index is 12.3. The average molecular weight is 401 g/mol. The highest BCUT2D eigenvalue weighted by atomic mass is 16.6. The lowest BCUT2D eigenvalue weighted by atomic mass is 10.1. The number of carbonyl (C=O) groups excluding carboxylic acids is 1. The molecule has 1 atom stereocenters. The molecule has 2 aliphatic heterocycles. The van der Waals surface area contributed by atoms with Crippen molar-refractivity contribution < 1.29 is 14.3 Å². The largest absolute Gasteiger partial charge is 0.486 e. The quantitative estimate of drug-likeness (QED) is 0.717. The van der Waals surface area contributed by atoms with Crippen molar-refractivity contribution >= 4 is 6.03 Å². The fraction of sp³-hybridized carbons (Fsp3) is 0.550. The second-order valence-electron chi connectivity index (χ2n) is 7.41. The number of nitrogens with one attached hydrogen (secondary N) is 2. The number of rotatable bonds is 6. The minimum Gasteiger partial charge on any atom is -0.486 e. The molecule has 9 nitrogen and oxygen atoms in total. The van der Waals surface area contributed by atoms with Crippen molar-refractivity contribution in [2.45, 2.75) is 51.7 Å². The summed E-state index contributed by atoms with van der Waals surface area (Å²) in [5, 5.41) is 10.2. The minimum absolute atomic E-state index is 0.0450. The van der Waals surface area contributed by atoms with Crippen LogP contribution in [0.3, 0.4) is 0 Å². The summed E-state index contributed by atoms with van der Waals surface area (Å²) >= 11 is 0. The van der Waals surface area contributed by atoms with Crippen LogP contribution < -0.4 is 25.8 Å². The first-order chi connectivity index (χ1) is 14.1. The lowest BCUT2D eigenvalue weighted by Crippen LogP contribution is -2.38. The molecule has 29 heavy (non-hydrogen) atoms. The zero-order valence-electron chi connectivity index (χ0n) is 16.6. The van der Waals surface area contributed by atoms with Crippen LogP contribution in [0.5, 0.6) is 11.5 Å². The van der Waals surface area contributed by atoms with Gasteiger partial charge in [-0.2, -0.15) is 5.10 Å². The molecule has 2 amide bonds. The topological polar surface area (TPSA) is 99.4 Å². The fourth-order valence-corrected chi connectivity index (χ4v) is 3.69. The predicted octanol–water partition coefficient (Wildman–Crippen LogP) is 1.60. The zero-order valence-corrected chi connectivity index (χ0v) is 16.6. The van der Waals surface area contributed by atoms with Crippen LogP contribution in [-0.4, -0.2) is 40.1 Å². The van der Waals surface area contributed by atoms with E-state index >= 15 is 0 Å². The summed E-state index contributed by atoms with van der Waals surface area (Å²) in [6.07, 6.45) is 3.62. The number of amides is 2. The zero-order chi connectivity index (χ0) is 20.2. The lowest BCUT2D eigenvalue weighted by molar-refractivity contribution is 0.171. The third-order valence-corrected chi connectivity index (χ3v) is 5.28. The number of aryl methyl sites for hydroxylation is 2. The van der Waals surface area contributed by atoms with Gasteiger partial charge in [-0.1, -0.05) is 6.07 Å². The van der Waals surface area contributed by atoms with Gasteiger partial charge in [-0.05, 0) is 43.9 Å². The Hall–Kier alpha value is -2.97. The Bertz CT molecular complexity index is 935. The molecule has 0 fully saturated rings. The Balaban J connectivity index is 1.23. The van der Waals surface area contributed by atoms with Gasteiger partial charge >= 0.3 is 11.7 Å². The average Bonchev–Trinajstić information content (AvgIpc) is 3.06. The van der Waals surface area contributed by atoms with Crippen LogP contribution in [0.2, 0.25) is 0 Å². The highest BCUT2D eigenvalue weighted by Crippen LogP contribution is 2.32. The number of hydrogen-bond acceptors (Lipinski definition) is 5. The summed E-state index contributed by atoms with van der Waals surface area (Å²) in [6.45, 7) is 4.72. The summed E-state index contributed by atoms with van der Waals surface area (Å²) in [4.78, 5) is 24.5. The van der Waals surface area contributed by atoms with Gasteiger partial charge in [0.2, 0.25) is 0 Å². The van der Waals surface area contributed by atoms with Crippen LogP contribution in [0.1, 0.15) is 43.6 Å². The number of aromatic nitrogens is 3. The first kappa shape index (κ1) is 19.4. The molecule has 0 aliphatic carbocycles. The van der Waals surface area contributed by atoms with Gasteiger partial charge in [0.1, 0.15) is 19.0 Å². The third-order valence-electron chi connectivity index (χ3n) is 5.28. The number of nitrogens with zero attached hydrogens (tertiary/aromatic N) is 3. The van der Waals surface area contributed by atoms with Crippen LogP contribution >= 0.6 is 0 Å². The molecule has 0 radical (unpaired) electrons. The fourth-order valence-electron chi connectivity index (χ4n) is 3.69. The minimum atomic E-state index is -0.246. The van der Waals surface area contributed by atoms with Gasteiger partial charge in [0.15, 0.2) is 11.5 Å². The lowest BCUT2D eigenvalue weighted by Gasteiger charge is -2.21. The molecule has 9 heteroatoms. The number of fused-ring (bicyclic) bond motifs is 2. The molecule has 0 spiro atoms. The Morgan fingerprint density at radius 2 is 2.07 bits per heavy atom. The van der Waals surface area contributed by atoms with Crippen LogP contribution in [0.4, 0.5) is 4.79 Å². The molecular formula is C20H27N5O4. The first-order valence-corrected chi connectivity index (χ1v) is 10.2. The number of ether oxygens (including phenoxy) is 2. The third kappa shape index (κ3) is 4.38. The smallest absolute Gasteiger partial charge is 0.345 e. The molecule has 2 aromatic rings. The van der Waals surface area contributed by atoms with Crippen molar-refractivity contribution in [2.75, 3.05) is 19.8 Å². The first-order valence-electron chi connectivity index (χ1n) is 10.2. The molecule has 0 saturated carbocycles. The predicted molar refractivity (Wildman–Crippen MR) is 106 cm³/mol.